The molecule has 0 aromatic rings. The molecule has 5 nitrogen and oxygen atoms in total. The van der Waals surface area contributed by atoms with Gasteiger partial charge in [0.1, 0.15) is 0 Å². The van der Waals surface area contributed by atoms with Gasteiger partial charge in [-0.3, -0.25) is 0 Å². The van der Waals surface area contributed by atoms with Gasteiger partial charge in [0, 0.05) is 11.6 Å². The highest BCUT2D eigenvalue weighted by molar-refractivity contribution is 5.90. The lowest BCUT2D eigenvalue weighted by Crippen LogP contribution is -2.09. The van der Waals surface area contributed by atoms with Crippen molar-refractivity contribution in [1.29, 1.82) is 0 Å². The van der Waals surface area contributed by atoms with Crippen LogP contribution in [0.4, 0.5) is 0 Å². The Kier molecular flexibility index (Phi) is 3.28. The fraction of sp³-hybridized carbons (Fsp3) is 0.333. The van der Waals surface area contributed by atoms with Crippen molar-refractivity contribution >= 4 is 11.9 Å². The highest BCUT2D eigenvalue weighted by Crippen LogP contribution is 2.13. The van der Waals surface area contributed by atoms with E-state index < -0.39 is 18.2 Å². The van der Waals surface area contributed by atoms with Gasteiger partial charge in [-0.15, -0.1) is 0 Å². The number of hydrogen-bond donors (Lipinski definition) is 0. The molecular formula is C9H10O5. The van der Waals surface area contributed by atoms with Gasteiger partial charge in [0.15, 0.2) is 0 Å². The number of carbonyl (C=O) groups is 2. The van der Waals surface area contributed by atoms with Crippen molar-refractivity contribution in [3.63, 3.8) is 0 Å². The van der Waals surface area contributed by atoms with E-state index in [1.807, 2.05) is 0 Å². The largest absolute Gasteiger partial charge is 0.466 e. The van der Waals surface area contributed by atoms with Gasteiger partial charge in [-0.05, 0) is 6.92 Å². The Bertz CT molecular complexity index is 302. The summed E-state index contributed by atoms with van der Waals surface area (Å²) in [7, 11) is 1.26. The molecule has 0 saturated carbocycles. The quantitative estimate of drug-likeness (QED) is 0.376. The fourth-order valence-electron chi connectivity index (χ4n) is 0.812. The summed E-state index contributed by atoms with van der Waals surface area (Å²) in [4.78, 5) is 21.5. The Morgan fingerprint density at radius 2 is 2.36 bits per heavy atom. The predicted octanol–water partition coefficient (Wildman–Crippen LogP) is 0.519. The predicted molar refractivity (Wildman–Crippen MR) is 45.9 cm³/mol. The van der Waals surface area contributed by atoms with Crippen LogP contribution in [-0.2, 0) is 23.8 Å². The second-order valence-electron chi connectivity index (χ2n) is 2.59. The van der Waals surface area contributed by atoms with E-state index in [1.165, 1.54) is 13.2 Å². The van der Waals surface area contributed by atoms with Gasteiger partial charge >= 0.3 is 11.9 Å². The summed E-state index contributed by atoms with van der Waals surface area (Å²) in [5.41, 5.74) is 0.487. The first-order valence-electron chi connectivity index (χ1n) is 3.93. The number of esters is 2. The molecule has 0 fully saturated rings. The van der Waals surface area contributed by atoms with E-state index in [-0.39, 0.29) is 0 Å². The van der Waals surface area contributed by atoms with Crippen LogP contribution in [0.25, 0.3) is 0 Å². The maximum absolute atomic E-state index is 10.9. The van der Waals surface area contributed by atoms with Crippen LogP contribution in [-0.4, -0.2) is 25.3 Å². The number of hydrogen-bond acceptors (Lipinski definition) is 5. The summed E-state index contributed by atoms with van der Waals surface area (Å²) < 4.78 is 14.0. The van der Waals surface area contributed by atoms with Gasteiger partial charge < -0.3 is 14.2 Å². The SMILES string of the molecule is COC(=O)/C=C/O[C@H]1C=C(C)C(=O)O1. The van der Waals surface area contributed by atoms with Crippen LogP contribution in [0, 0.1) is 0 Å². The molecule has 1 heterocycles. The summed E-state index contributed by atoms with van der Waals surface area (Å²) in [5, 5.41) is 0. The Balaban J connectivity index is 2.38. The normalized spacial score (nSPS) is 20.6. The Labute approximate surface area is 80.9 Å². The Morgan fingerprint density at radius 3 is 2.86 bits per heavy atom. The van der Waals surface area contributed by atoms with Gasteiger partial charge in [-0.2, -0.15) is 0 Å². The first-order chi connectivity index (χ1) is 6.63. The molecule has 14 heavy (non-hydrogen) atoms. The van der Waals surface area contributed by atoms with Crippen molar-refractivity contribution < 1.29 is 23.8 Å². The van der Waals surface area contributed by atoms with Gasteiger partial charge in [0.2, 0.25) is 0 Å². The maximum atomic E-state index is 10.9. The second kappa shape index (κ2) is 4.45. The monoisotopic (exact) mass is 198 g/mol. The molecule has 1 aliphatic heterocycles. The number of methoxy groups -OCH3 is 1. The second-order valence-corrected chi connectivity index (χ2v) is 2.59. The molecule has 76 valence electrons. The standard InChI is InChI=1S/C9H10O5/c1-6-5-8(14-9(6)11)13-4-3-7(10)12-2/h3-5,8H,1-2H3/b4-3+/t8-/m1/s1. The minimum Gasteiger partial charge on any atom is -0.466 e. The lowest BCUT2D eigenvalue weighted by atomic mass is 10.3. The average molecular weight is 198 g/mol. The molecule has 0 aliphatic carbocycles. The van der Waals surface area contributed by atoms with E-state index in [1.54, 1.807) is 6.92 Å². The lowest BCUT2D eigenvalue weighted by molar-refractivity contribution is -0.152. The molecule has 0 saturated heterocycles. The highest BCUT2D eigenvalue weighted by Gasteiger charge is 2.22. The van der Waals surface area contributed by atoms with E-state index in [9.17, 15) is 9.59 Å². The third kappa shape index (κ3) is 2.62. The van der Waals surface area contributed by atoms with Gasteiger partial charge in [0.25, 0.3) is 6.29 Å². The summed E-state index contributed by atoms with van der Waals surface area (Å²) in [5.74, 6) is -0.948. The first kappa shape index (κ1) is 10.3. The molecule has 0 unspecified atom stereocenters. The molecule has 5 heteroatoms. The van der Waals surface area contributed by atoms with Gasteiger partial charge in [0.05, 0.1) is 19.4 Å². The minimum absolute atomic E-state index is 0.415. The van der Waals surface area contributed by atoms with E-state index in [2.05, 4.69) is 4.74 Å². The minimum atomic E-state index is -0.747. The van der Waals surface area contributed by atoms with Crippen molar-refractivity contribution in [1.82, 2.24) is 0 Å². The van der Waals surface area contributed by atoms with Crippen LogP contribution in [0.3, 0.4) is 0 Å². The average Bonchev–Trinajstić information content (AvgIpc) is 2.46. The zero-order valence-electron chi connectivity index (χ0n) is 7.85. The third-order valence-electron chi connectivity index (χ3n) is 1.55. The van der Waals surface area contributed by atoms with Crippen LogP contribution in [0.15, 0.2) is 24.0 Å². The van der Waals surface area contributed by atoms with Crippen LogP contribution < -0.4 is 0 Å². The molecule has 0 aromatic heterocycles. The van der Waals surface area contributed by atoms with Crippen molar-refractivity contribution in [2.75, 3.05) is 7.11 Å². The van der Waals surface area contributed by atoms with Crippen molar-refractivity contribution in [3.05, 3.63) is 24.0 Å². The Hall–Kier alpha value is -1.78. The van der Waals surface area contributed by atoms with Crippen molar-refractivity contribution in [2.45, 2.75) is 13.2 Å². The van der Waals surface area contributed by atoms with Gasteiger partial charge in [-0.1, -0.05) is 0 Å². The molecule has 0 N–H and O–H groups in total. The molecule has 0 radical (unpaired) electrons. The summed E-state index contributed by atoms with van der Waals surface area (Å²) in [6.07, 6.45) is 2.99. The zero-order valence-corrected chi connectivity index (χ0v) is 7.85. The first-order valence-corrected chi connectivity index (χ1v) is 3.93. The smallest absolute Gasteiger partial charge is 0.336 e. The number of ether oxygens (including phenoxy) is 3. The summed E-state index contributed by atoms with van der Waals surface area (Å²) in [6.45, 7) is 1.62. The Morgan fingerprint density at radius 1 is 1.64 bits per heavy atom. The number of cyclic esters (lactones) is 1. The number of carbonyl (C=O) groups excluding carboxylic acids is 2. The lowest BCUT2D eigenvalue weighted by Gasteiger charge is -2.05. The molecule has 1 aliphatic rings. The summed E-state index contributed by atoms with van der Waals surface area (Å²) in [6, 6.07) is 0. The highest BCUT2D eigenvalue weighted by atomic mass is 16.7. The van der Waals surface area contributed by atoms with Crippen molar-refractivity contribution in [2.24, 2.45) is 0 Å². The molecule has 0 aromatic carbocycles. The molecule has 0 spiro atoms. The van der Waals surface area contributed by atoms with Crippen LogP contribution in [0.1, 0.15) is 6.92 Å². The molecule has 0 amide bonds. The van der Waals surface area contributed by atoms with E-state index in [0.29, 0.717) is 5.57 Å². The summed E-state index contributed by atoms with van der Waals surface area (Å²) >= 11 is 0. The zero-order chi connectivity index (χ0) is 10.6. The van der Waals surface area contributed by atoms with E-state index in [0.717, 1.165) is 12.3 Å². The molecule has 1 rings (SSSR count). The van der Waals surface area contributed by atoms with Crippen LogP contribution >= 0.6 is 0 Å². The molecular weight excluding hydrogens is 188 g/mol. The maximum Gasteiger partial charge on any atom is 0.336 e. The van der Waals surface area contributed by atoms with E-state index in [4.69, 9.17) is 9.47 Å². The third-order valence-corrected chi connectivity index (χ3v) is 1.55. The topological polar surface area (TPSA) is 61.8 Å². The van der Waals surface area contributed by atoms with Crippen molar-refractivity contribution in [3.8, 4) is 0 Å². The van der Waals surface area contributed by atoms with Crippen LogP contribution in [0.2, 0.25) is 0 Å². The van der Waals surface area contributed by atoms with Crippen LogP contribution in [0.5, 0.6) is 0 Å². The number of rotatable bonds is 3. The molecule has 1 atom stereocenters. The van der Waals surface area contributed by atoms with Gasteiger partial charge in [-0.25, -0.2) is 9.59 Å². The molecule has 0 bridgehead atoms. The van der Waals surface area contributed by atoms with E-state index >= 15 is 0 Å². The fourth-order valence-corrected chi connectivity index (χ4v) is 0.812.